The van der Waals surface area contributed by atoms with Gasteiger partial charge in [-0.05, 0) is 35.6 Å². The smallest absolute Gasteiger partial charge is 0.240 e. The fraction of sp³-hybridized carbons (Fsp3) is 0.0870. The molecule has 2 aromatic heterocycles. The van der Waals surface area contributed by atoms with E-state index in [1.54, 1.807) is 17.6 Å². The molecule has 0 spiro atoms. The van der Waals surface area contributed by atoms with Crippen molar-refractivity contribution < 1.29 is 4.79 Å². The fourth-order valence-corrected chi connectivity index (χ4v) is 3.66. The van der Waals surface area contributed by atoms with Gasteiger partial charge < -0.3 is 0 Å². The van der Waals surface area contributed by atoms with Crippen molar-refractivity contribution in [2.24, 2.45) is 5.10 Å². The molecule has 4 aromatic rings. The van der Waals surface area contributed by atoms with E-state index in [1.807, 2.05) is 89.1 Å². The van der Waals surface area contributed by atoms with Gasteiger partial charge in [-0.2, -0.15) is 10.2 Å². The summed E-state index contributed by atoms with van der Waals surface area (Å²) < 4.78 is 1.83. The second kappa shape index (κ2) is 9.12. The number of amides is 1. The molecule has 0 saturated carbocycles. The average Bonchev–Trinajstić information content (AvgIpc) is 3.44. The van der Waals surface area contributed by atoms with Gasteiger partial charge in [-0.3, -0.25) is 4.79 Å². The number of carbonyl (C=O) groups excluding carboxylic acids is 1. The van der Waals surface area contributed by atoms with Crippen molar-refractivity contribution >= 4 is 23.5 Å². The maximum absolute atomic E-state index is 12.1. The molecular weight excluding hydrogens is 380 g/mol. The van der Waals surface area contributed by atoms with Crippen LogP contribution in [-0.2, 0) is 11.2 Å². The number of hydrazone groups is 1. The van der Waals surface area contributed by atoms with Crippen LogP contribution in [0.5, 0.6) is 0 Å². The normalized spacial score (nSPS) is 11.0. The minimum Gasteiger partial charge on any atom is -0.273 e. The van der Waals surface area contributed by atoms with E-state index in [4.69, 9.17) is 5.10 Å². The molecule has 5 nitrogen and oxygen atoms in total. The number of aryl methyl sites for hydroxylation is 1. The summed E-state index contributed by atoms with van der Waals surface area (Å²) in [5.74, 6) is -0.113. The van der Waals surface area contributed by atoms with Gasteiger partial charge in [0, 0.05) is 18.2 Å². The Labute approximate surface area is 173 Å². The van der Waals surface area contributed by atoms with E-state index in [2.05, 4.69) is 10.5 Å². The number of aromatic nitrogens is 2. The molecule has 1 amide bonds. The quantitative estimate of drug-likeness (QED) is 0.362. The Kier molecular flexibility index (Phi) is 5.92. The van der Waals surface area contributed by atoms with Crippen LogP contribution in [0, 0.1) is 0 Å². The van der Waals surface area contributed by atoms with Crippen LogP contribution >= 0.6 is 11.3 Å². The minimum absolute atomic E-state index is 0.113. The number of nitrogens with zero attached hydrogens (tertiary/aromatic N) is 3. The molecule has 2 aromatic carbocycles. The number of benzene rings is 2. The Hall–Kier alpha value is -3.51. The standard InChI is InChI=1S/C23H20N4OS/c28-22(14-13-18-8-3-1-4-9-18)25-24-16-19-17-27(20-10-5-2-6-11-20)26-23(19)21-12-7-15-29-21/h1-12,15-17H,13-14H2,(H,25,28)/b24-16+. The fourth-order valence-electron chi connectivity index (χ4n) is 2.93. The topological polar surface area (TPSA) is 59.3 Å². The number of nitrogens with one attached hydrogen (secondary N) is 1. The lowest BCUT2D eigenvalue weighted by Crippen LogP contribution is -2.17. The molecule has 2 heterocycles. The highest BCUT2D eigenvalue weighted by Gasteiger charge is 2.12. The van der Waals surface area contributed by atoms with E-state index in [9.17, 15) is 4.79 Å². The lowest BCUT2D eigenvalue weighted by atomic mass is 10.1. The molecule has 0 aliphatic rings. The number of hydrogen-bond donors (Lipinski definition) is 1. The van der Waals surface area contributed by atoms with Gasteiger partial charge in [0.2, 0.25) is 5.91 Å². The largest absolute Gasteiger partial charge is 0.273 e. The van der Waals surface area contributed by atoms with Crippen molar-refractivity contribution in [2.45, 2.75) is 12.8 Å². The number of thiophene rings is 1. The molecule has 29 heavy (non-hydrogen) atoms. The first-order valence-electron chi connectivity index (χ1n) is 9.34. The molecular formula is C23H20N4OS. The van der Waals surface area contributed by atoms with Crippen molar-refractivity contribution in [1.29, 1.82) is 0 Å². The van der Waals surface area contributed by atoms with Crippen molar-refractivity contribution in [3.63, 3.8) is 0 Å². The molecule has 1 N–H and O–H groups in total. The monoisotopic (exact) mass is 400 g/mol. The van der Waals surface area contributed by atoms with Gasteiger partial charge in [-0.15, -0.1) is 11.3 Å². The average molecular weight is 401 g/mol. The summed E-state index contributed by atoms with van der Waals surface area (Å²) in [6.45, 7) is 0. The highest BCUT2D eigenvalue weighted by atomic mass is 32.1. The summed E-state index contributed by atoms with van der Waals surface area (Å²) >= 11 is 1.62. The zero-order chi connectivity index (χ0) is 19.9. The van der Waals surface area contributed by atoms with Gasteiger partial charge in [0.05, 0.1) is 16.8 Å². The number of rotatable bonds is 7. The molecule has 4 rings (SSSR count). The van der Waals surface area contributed by atoms with Crippen molar-refractivity contribution in [3.8, 4) is 16.3 Å². The molecule has 144 valence electrons. The molecule has 6 heteroatoms. The second-order valence-corrected chi connectivity index (χ2v) is 7.42. The lowest BCUT2D eigenvalue weighted by Gasteiger charge is -2.00. The highest BCUT2D eigenvalue weighted by Crippen LogP contribution is 2.26. The van der Waals surface area contributed by atoms with Crippen molar-refractivity contribution in [3.05, 3.63) is 95.5 Å². The number of para-hydroxylation sites is 1. The summed E-state index contributed by atoms with van der Waals surface area (Å²) in [7, 11) is 0. The second-order valence-electron chi connectivity index (χ2n) is 6.47. The molecule has 0 fully saturated rings. The molecule has 0 saturated heterocycles. The molecule has 0 aliphatic carbocycles. The summed E-state index contributed by atoms with van der Waals surface area (Å²) in [6, 6.07) is 23.9. The van der Waals surface area contributed by atoms with Crippen LogP contribution in [0.25, 0.3) is 16.3 Å². The lowest BCUT2D eigenvalue weighted by molar-refractivity contribution is -0.121. The van der Waals surface area contributed by atoms with Crippen LogP contribution in [0.1, 0.15) is 17.5 Å². The Balaban J connectivity index is 1.47. The van der Waals surface area contributed by atoms with Crippen molar-refractivity contribution in [2.75, 3.05) is 0 Å². The van der Waals surface area contributed by atoms with Crippen molar-refractivity contribution in [1.82, 2.24) is 15.2 Å². The Bertz CT molecular complexity index is 1090. The molecule has 0 aliphatic heterocycles. The predicted molar refractivity (Wildman–Crippen MR) is 117 cm³/mol. The molecule has 0 bridgehead atoms. The van der Waals surface area contributed by atoms with E-state index in [0.717, 1.165) is 27.4 Å². The summed E-state index contributed by atoms with van der Waals surface area (Å²) in [6.07, 6.45) is 4.66. The van der Waals surface area contributed by atoms with Gasteiger partial charge in [0.15, 0.2) is 0 Å². The molecule has 0 unspecified atom stereocenters. The first kappa shape index (κ1) is 18.8. The summed E-state index contributed by atoms with van der Waals surface area (Å²) in [5, 5.41) is 10.9. The van der Waals surface area contributed by atoms with E-state index in [-0.39, 0.29) is 5.91 Å². The van der Waals surface area contributed by atoms with Crippen LogP contribution in [0.4, 0.5) is 0 Å². The maximum atomic E-state index is 12.1. The Morgan fingerprint density at radius 3 is 2.52 bits per heavy atom. The van der Waals surface area contributed by atoms with Gasteiger partial charge in [-0.1, -0.05) is 54.6 Å². The first-order valence-corrected chi connectivity index (χ1v) is 10.2. The van der Waals surface area contributed by atoms with Gasteiger partial charge in [0.1, 0.15) is 5.69 Å². The SMILES string of the molecule is O=C(CCc1ccccc1)N/N=C/c1cn(-c2ccccc2)nc1-c1cccs1. The highest BCUT2D eigenvalue weighted by molar-refractivity contribution is 7.13. The van der Waals surface area contributed by atoms with Gasteiger partial charge >= 0.3 is 0 Å². The minimum atomic E-state index is -0.113. The Morgan fingerprint density at radius 2 is 1.79 bits per heavy atom. The molecule has 0 atom stereocenters. The zero-order valence-corrected chi connectivity index (χ0v) is 16.5. The third-order valence-electron chi connectivity index (χ3n) is 4.39. The maximum Gasteiger partial charge on any atom is 0.240 e. The summed E-state index contributed by atoms with van der Waals surface area (Å²) in [4.78, 5) is 13.2. The van der Waals surface area contributed by atoms with Crippen LogP contribution < -0.4 is 5.43 Å². The van der Waals surface area contributed by atoms with Gasteiger partial charge in [0.25, 0.3) is 0 Å². The predicted octanol–water partition coefficient (Wildman–Crippen LogP) is 4.68. The van der Waals surface area contributed by atoms with Gasteiger partial charge in [-0.25, -0.2) is 10.1 Å². The third kappa shape index (κ3) is 4.86. The molecule has 0 radical (unpaired) electrons. The van der Waals surface area contributed by atoms with E-state index < -0.39 is 0 Å². The van der Waals surface area contributed by atoms with E-state index in [1.165, 1.54) is 0 Å². The summed E-state index contributed by atoms with van der Waals surface area (Å²) in [5.41, 5.74) is 6.41. The van der Waals surface area contributed by atoms with Crippen LogP contribution in [-0.4, -0.2) is 21.9 Å². The number of hydrogen-bond acceptors (Lipinski definition) is 4. The number of carbonyl (C=O) groups is 1. The van der Waals surface area contributed by atoms with Crippen LogP contribution in [0.3, 0.4) is 0 Å². The first-order chi connectivity index (χ1) is 14.3. The third-order valence-corrected chi connectivity index (χ3v) is 5.27. The Morgan fingerprint density at radius 1 is 1.03 bits per heavy atom. The van der Waals surface area contributed by atoms with Crippen LogP contribution in [0.2, 0.25) is 0 Å². The van der Waals surface area contributed by atoms with Crippen LogP contribution in [0.15, 0.2) is 89.5 Å². The zero-order valence-electron chi connectivity index (χ0n) is 15.7. The van der Waals surface area contributed by atoms with E-state index in [0.29, 0.717) is 12.8 Å². The van der Waals surface area contributed by atoms with E-state index >= 15 is 0 Å².